The Balaban J connectivity index is 1.36. The maximum atomic E-state index is 6.17. The third-order valence-corrected chi connectivity index (χ3v) is 5.28. The van der Waals surface area contributed by atoms with E-state index in [9.17, 15) is 0 Å². The molecule has 0 bridgehead atoms. The molecule has 0 atom stereocenters. The molecule has 0 N–H and O–H groups in total. The van der Waals surface area contributed by atoms with Gasteiger partial charge in [-0.2, -0.15) is 5.10 Å². The number of fused-ring (bicyclic) bond motifs is 3. The molecule has 3 aromatic heterocycles. The number of hydrogen-bond donors (Lipinski definition) is 0. The lowest BCUT2D eigenvalue weighted by Crippen LogP contribution is -2.03. The second-order valence-electron chi connectivity index (χ2n) is 7.09. The average molecular weight is 379 g/mol. The van der Waals surface area contributed by atoms with Crippen LogP contribution in [0.25, 0.3) is 28.3 Å². The van der Waals surface area contributed by atoms with E-state index in [4.69, 9.17) is 9.84 Å². The second-order valence-corrected chi connectivity index (χ2v) is 7.09. The molecule has 6 heteroatoms. The molecule has 1 aliphatic heterocycles. The summed E-state index contributed by atoms with van der Waals surface area (Å²) in [5, 5.41) is 4.81. The highest BCUT2D eigenvalue weighted by Gasteiger charge is 2.18. The number of hydrogen-bond acceptors (Lipinski definition) is 4. The predicted molar refractivity (Wildman–Crippen MR) is 110 cm³/mol. The van der Waals surface area contributed by atoms with Crippen molar-refractivity contribution in [2.24, 2.45) is 0 Å². The highest BCUT2D eigenvalue weighted by Crippen LogP contribution is 2.32. The van der Waals surface area contributed by atoms with Crippen LogP contribution in [0.3, 0.4) is 0 Å². The molecular formula is C23H17N5O. The molecule has 29 heavy (non-hydrogen) atoms. The van der Waals surface area contributed by atoms with Gasteiger partial charge in [-0.25, -0.2) is 9.97 Å². The fourth-order valence-corrected chi connectivity index (χ4v) is 3.79. The maximum absolute atomic E-state index is 6.17. The molecule has 0 saturated heterocycles. The van der Waals surface area contributed by atoms with Crippen molar-refractivity contribution in [3.8, 4) is 28.3 Å². The molecule has 6 nitrogen and oxygen atoms in total. The van der Waals surface area contributed by atoms with Crippen LogP contribution in [-0.2, 0) is 13.2 Å². The minimum atomic E-state index is 0.491. The first-order valence-electron chi connectivity index (χ1n) is 9.51. The fraction of sp³-hybridized carbons (Fsp3) is 0.0870. The third-order valence-electron chi connectivity index (χ3n) is 5.28. The quantitative estimate of drug-likeness (QED) is 0.461. The van der Waals surface area contributed by atoms with Crippen LogP contribution in [0.2, 0.25) is 0 Å². The molecule has 0 saturated carbocycles. The molecule has 0 radical (unpaired) electrons. The molecule has 0 amide bonds. The molecule has 2 aromatic carbocycles. The number of nitrogens with zero attached hydrogens (tertiary/aromatic N) is 5. The highest BCUT2D eigenvalue weighted by molar-refractivity contribution is 5.65. The fourth-order valence-electron chi connectivity index (χ4n) is 3.79. The van der Waals surface area contributed by atoms with E-state index in [2.05, 4.69) is 46.4 Å². The van der Waals surface area contributed by atoms with Gasteiger partial charge in [0.25, 0.3) is 0 Å². The van der Waals surface area contributed by atoms with Crippen molar-refractivity contribution in [2.75, 3.05) is 0 Å². The lowest BCUT2D eigenvalue weighted by atomic mass is 10.1. The Morgan fingerprint density at radius 2 is 1.83 bits per heavy atom. The Hall–Kier alpha value is -3.93. The van der Waals surface area contributed by atoms with E-state index in [1.165, 1.54) is 0 Å². The molecule has 0 spiro atoms. The molecule has 4 heterocycles. The van der Waals surface area contributed by atoms with Gasteiger partial charge in [0.15, 0.2) is 0 Å². The van der Waals surface area contributed by atoms with Gasteiger partial charge < -0.3 is 4.74 Å². The van der Waals surface area contributed by atoms with Crippen LogP contribution in [0, 0.1) is 0 Å². The molecule has 0 unspecified atom stereocenters. The Morgan fingerprint density at radius 3 is 2.76 bits per heavy atom. The van der Waals surface area contributed by atoms with Crippen molar-refractivity contribution in [3.05, 3.63) is 90.5 Å². The van der Waals surface area contributed by atoms with Crippen LogP contribution >= 0.6 is 0 Å². The molecule has 140 valence electrons. The molecule has 0 aliphatic carbocycles. The third kappa shape index (κ3) is 2.69. The lowest BCUT2D eigenvalue weighted by Gasteiger charge is -2.09. The van der Waals surface area contributed by atoms with E-state index in [0.717, 1.165) is 39.5 Å². The summed E-state index contributed by atoms with van der Waals surface area (Å²) in [6.45, 7) is 1.18. The van der Waals surface area contributed by atoms with Gasteiger partial charge >= 0.3 is 0 Å². The number of imidazole rings is 1. The zero-order chi connectivity index (χ0) is 19.2. The van der Waals surface area contributed by atoms with Gasteiger partial charge in [0.2, 0.25) is 5.78 Å². The first-order valence-corrected chi connectivity index (χ1v) is 9.51. The van der Waals surface area contributed by atoms with Gasteiger partial charge in [-0.1, -0.05) is 42.5 Å². The molecular weight excluding hydrogens is 362 g/mol. The van der Waals surface area contributed by atoms with E-state index in [0.29, 0.717) is 18.9 Å². The Bertz CT molecular complexity index is 1340. The van der Waals surface area contributed by atoms with Crippen molar-refractivity contribution in [1.29, 1.82) is 0 Å². The van der Waals surface area contributed by atoms with Gasteiger partial charge in [0.1, 0.15) is 12.4 Å². The Labute approximate surface area is 167 Å². The van der Waals surface area contributed by atoms with Gasteiger partial charge in [-0.15, -0.1) is 0 Å². The monoisotopic (exact) mass is 379 g/mol. The first kappa shape index (κ1) is 16.1. The highest BCUT2D eigenvalue weighted by atomic mass is 16.5. The normalized spacial score (nSPS) is 12.8. The van der Waals surface area contributed by atoms with E-state index in [1.54, 1.807) is 6.20 Å². The summed E-state index contributed by atoms with van der Waals surface area (Å²) in [5.41, 5.74) is 6.32. The van der Waals surface area contributed by atoms with Gasteiger partial charge in [-0.3, -0.25) is 9.08 Å². The van der Waals surface area contributed by atoms with Crippen LogP contribution < -0.4 is 4.74 Å². The zero-order valence-corrected chi connectivity index (χ0v) is 15.6. The standard InChI is InChI=1S/C23H17N5O/c1-2-5-16(6-3-1)20-12-19-15-29-22-11-17(7-8-18(22)14-28(19)26-20)21-13-25-23-24-9-4-10-27(21)23/h1-13H,14-15H2. The average Bonchev–Trinajstić information content (AvgIpc) is 3.34. The maximum Gasteiger partial charge on any atom is 0.234 e. The summed E-state index contributed by atoms with van der Waals surface area (Å²) in [6.07, 6.45) is 5.56. The SMILES string of the molecule is c1ccc(-c2cc3n(n2)Cc2ccc(-c4cnc5ncccn45)cc2OC3)cc1. The minimum Gasteiger partial charge on any atom is -0.487 e. The molecule has 1 aliphatic rings. The topological polar surface area (TPSA) is 57.2 Å². The lowest BCUT2D eigenvalue weighted by molar-refractivity contribution is 0.302. The van der Waals surface area contributed by atoms with E-state index in [-0.39, 0.29) is 0 Å². The molecule has 6 rings (SSSR count). The van der Waals surface area contributed by atoms with E-state index < -0.39 is 0 Å². The summed E-state index contributed by atoms with van der Waals surface area (Å²) < 4.78 is 10.2. The zero-order valence-electron chi connectivity index (χ0n) is 15.6. The second kappa shape index (κ2) is 6.31. The summed E-state index contributed by atoms with van der Waals surface area (Å²) in [4.78, 5) is 8.68. The van der Waals surface area contributed by atoms with E-state index in [1.807, 2.05) is 45.7 Å². The first-order chi connectivity index (χ1) is 14.3. The molecule has 5 aromatic rings. The summed E-state index contributed by atoms with van der Waals surface area (Å²) >= 11 is 0. The summed E-state index contributed by atoms with van der Waals surface area (Å²) in [6, 6.07) is 20.5. The van der Waals surface area contributed by atoms with Crippen molar-refractivity contribution < 1.29 is 4.74 Å². The Morgan fingerprint density at radius 1 is 0.897 bits per heavy atom. The largest absolute Gasteiger partial charge is 0.487 e. The van der Waals surface area contributed by atoms with Crippen LogP contribution in [0.15, 0.2) is 79.3 Å². The minimum absolute atomic E-state index is 0.491. The van der Waals surface area contributed by atoms with Gasteiger partial charge in [-0.05, 0) is 18.2 Å². The van der Waals surface area contributed by atoms with Crippen molar-refractivity contribution in [2.45, 2.75) is 13.2 Å². The van der Waals surface area contributed by atoms with Gasteiger partial charge in [0.05, 0.1) is 29.8 Å². The van der Waals surface area contributed by atoms with Gasteiger partial charge in [0, 0.05) is 29.1 Å². The van der Waals surface area contributed by atoms with Crippen LogP contribution in [0.4, 0.5) is 0 Å². The van der Waals surface area contributed by atoms with Crippen LogP contribution in [-0.4, -0.2) is 24.1 Å². The summed E-state index contributed by atoms with van der Waals surface area (Å²) in [7, 11) is 0. The number of benzene rings is 2. The number of ether oxygens (including phenoxy) is 1. The molecule has 0 fully saturated rings. The Kier molecular flexibility index (Phi) is 3.49. The van der Waals surface area contributed by atoms with Crippen molar-refractivity contribution in [3.63, 3.8) is 0 Å². The van der Waals surface area contributed by atoms with Crippen LogP contribution in [0.1, 0.15) is 11.3 Å². The van der Waals surface area contributed by atoms with E-state index >= 15 is 0 Å². The summed E-state index contributed by atoms with van der Waals surface area (Å²) in [5.74, 6) is 1.57. The number of aromatic nitrogens is 5. The number of rotatable bonds is 2. The van der Waals surface area contributed by atoms with Crippen molar-refractivity contribution >= 4 is 5.78 Å². The predicted octanol–water partition coefficient (Wildman–Crippen LogP) is 4.20. The smallest absolute Gasteiger partial charge is 0.234 e. The van der Waals surface area contributed by atoms with Crippen LogP contribution in [0.5, 0.6) is 5.75 Å². The van der Waals surface area contributed by atoms with Crippen molar-refractivity contribution in [1.82, 2.24) is 24.1 Å².